The fourth-order valence-electron chi connectivity index (χ4n) is 2.25. The molecule has 0 aromatic heterocycles. The first-order valence-corrected chi connectivity index (χ1v) is 8.04. The van der Waals surface area contributed by atoms with Crippen LogP contribution < -0.4 is 5.73 Å². The van der Waals surface area contributed by atoms with Gasteiger partial charge in [0.15, 0.2) is 0 Å². The molecule has 0 aliphatic heterocycles. The molecule has 2 N–H and O–H groups in total. The summed E-state index contributed by atoms with van der Waals surface area (Å²) in [6.45, 7) is 0.202. The molecule has 128 valence electrons. The quantitative estimate of drug-likeness (QED) is 0.632. The second-order valence-electron chi connectivity index (χ2n) is 5.11. The first kappa shape index (κ1) is 19.1. The van der Waals surface area contributed by atoms with Crippen molar-refractivity contribution in [3.63, 3.8) is 0 Å². The third kappa shape index (κ3) is 4.67. The molecule has 0 aliphatic rings. The first-order valence-electron chi connectivity index (χ1n) is 6.90. The van der Waals surface area contributed by atoms with Crippen LogP contribution >= 0.6 is 34.8 Å². The third-order valence-corrected chi connectivity index (χ3v) is 4.29. The lowest BCUT2D eigenvalue weighted by Gasteiger charge is -2.18. The summed E-state index contributed by atoms with van der Waals surface area (Å²) in [6.07, 6.45) is -2.14. The fraction of sp³-hybridized carbons (Fsp3) is 0.176. The van der Waals surface area contributed by atoms with Gasteiger partial charge >= 0.3 is 6.18 Å². The summed E-state index contributed by atoms with van der Waals surface area (Å²) in [5.41, 5.74) is 6.63. The van der Waals surface area contributed by atoms with Gasteiger partial charge in [0.25, 0.3) is 0 Å². The van der Waals surface area contributed by atoms with Crippen molar-refractivity contribution in [2.45, 2.75) is 18.6 Å². The van der Waals surface area contributed by atoms with E-state index in [1.54, 1.807) is 18.2 Å². The Kier molecular flexibility index (Phi) is 6.21. The molecular weight excluding hydrogens is 382 g/mol. The van der Waals surface area contributed by atoms with Gasteiger partial charge in [-0.15, -0.1) is 0 Å². The Bertz CT molecular complexity index is 737. The molecule has 0 bridgehead atoms. The van der Waals surface area contributed by atoms with E-state index in [-0.39, 0.29) is 22.2 Å². The van der Waals surface area contributed by atoms with E-state index in [2.05, 4.69) is 0 Å². The lowest BCUT2D eigenvalue weighted by Crippen LogP contribution is -2.18. The van der Waals surface area contributed by atoms with Crippen LogP contribution in [0.4, 0.5) is 13.2 Å². The Hall–Kier alpha value is -1.20. The van der Waals surface area contributed by atoms with E-state index in [1.807, 2.05) is 0 Å². The molecule has 0 heterocycles. The summed E-state index contributed by atoms with van der Waals surface area (Å²) in [5, 5.41) is 0.618. The second kappa shape index (κ2) is 7.79. The van der Waals surface area contributed by atoms with Crippen molar-refractivity contribution < 1.29 is 13.2 Å². The van der Waals surface area contributed by atoms with E-state index in [9.17, 15) is 13.2 Å². The van der Waals surface area contributed by atoms with E-state index in [4.69, 9.17) is 40.5 Å². The monoisotopic (exact) mass is 393 g/mol. The summed E-state index contributed by atoms with van der Waals surface area (Å²) in [7, 11) is 0. The van der Waals surface area contributed by atoms with Crippen LogP contribution in [0.2, 0.25) is 15.1 Å². The van der Waals surface area contributed by atoms with Crippen LogP contribution in [0.3, 0.4) is 0 Å². The van der Waals surface area contributed by atoms with Crippen molar-refractivity contribution in [1.29, 1.82) is 0 Å². The Morgan fingerprint density at radius 1 is 1.04 bits per heavy atom. The largest absolute Gasteiger partial charge is 0.399 e. The van der Waals surface area contributed by atoms with Gasteiger partial charge < -0.3 is 5.73 Å². The minimum atomic E-state index is -4.50. The normalized spacial score (nSPS) is 13.5. The molecule has 1 atom stereocenters. The van der Waals surface area contributed by atoms with Crippen molar-refractivity contribution >= 4 is 40.9 Å². The Morgan fingerprint density at radius 2 is 1.67 bits per heavy atom. The van der Waals surface area contributed by atoms with Gasteiger partial charge in [0.05, 0.1) is 10.9 Å². The van der Waals surface area contributed by atoms with Gasteiger partial charge in [0, 0.05) is 16.6 Å². The van der Waals surface area contributed by atoms with Gasteiger partial charge in [0.2, 0.25) is 0 Å². The lowest BCUT2D eigenvalue weighted by molar-refractivity contribution is -0.139. The van der Waals surface area contributed by atoms with Gasteiger partial charge in [-0.05, 0) is 34.9 Å². The predicted molar refractivity (Wildman–Crippen MR) is 93.6 cm³/mol. The van der Waals surface area contributed by atoms with Crippen molar-refractivity contribution in [3.8, 4) is 0 Å². The zero-order valence-corrected chi connectivity index (χ0v) is 14.5. The molecule has 24 heavy (non-hydrogen) atoms. The maximum atomic E-state index is 13.4. The fourth-order valence-corrected chi connectivity index (χ4v) is 3.06. The van der Waals surface area contributed by atoms with Gasteiger partial charge in [-0.1, -0.05) is 65.2 Å². The molecule has 0 spiro atoms. The number of nitrogens with two attached hydrogens (primary N) is 1. The summed E-state index contributed by atoms with van der Waals surface area (Å²) in [5.74, 6) is -1.86. The summed E-state index contributed by atoms with van der Waals surface area (Å²) in [4.78, 5) is 0. The highest BCUT2D eigenvalue weighted by Gasteiger charge is 2.39. The number of allylic oxidation sites excluding steroid dienone is 1. The smallest absolute Gasteiger partial charge is 0.326 e. The highest BCUT2D eigenvalue weighted by atomic mass is 35.5. The molecule has 2 aromatic rings. The summed E-state index contributed by atoms with van der Waals surface area (Å²) >= 11 is 17.8. The van der Waals surface area contributed by atoms with Gasteiger partial charge in [-0.2, -0.15) is 13.2 Å². The number of halogens is 6. The Labute approximate surface area is 152 Å². The molecule has 2 rings (SSSR count). The average molecular weight is 395 g/mol. The lowest BCUT2D eigenvalue weighted by atomic mass is 9.97. The molecular formula is C17H13Cl3F3N. The van der Waals surface area contributed by atoms with E-state index in [1.165, 1.54) is 24.3 Å². The molecule has 0 saturated heterocycles. The highest BCUT2D eigenvalue weighted by molar-refractivity contribution is 6.34. The van der Waals surface area contributed by atoms with Crippen LogP contribution in [-0.2, 0) is 6.54 Å². The van der Waals surface area contributed by atoms with Crippen LogP contribution in [0.15, 0.2) is 42.5 Å². The molecule has 0 saturated carbocycles. The molecule has 0 aliphatic carbocycles. The third-order valence-electron chi connectivity index (χ3n) is 3.39. The van der Waals surface area contributed by atoms with E-state index >= 15 is 0 Å². The number of alkyl halides is 3. The van der Waals surface area contributed by atoms with Gasteiger partial charge in [-0.3, -0.25) is 0 Å². The van der Waals surface area contributed by atoms with E-state index < -0.39 is 12.1 Å². The zero-order valence-electron chi connectivity index (χ0n) is 12.2. The Balaban J connectivity index is 2.44. The number of hydrogen-bond donors (Lipinski definition) is 1. The van der Waals surface area contributed by atoms with Crippen molar-refractivity contribution in [1.82, 2.24) is 0 Å². The van der Waals surface area contributed by atoms with Crippen LogP contribution in [0.25, 0.3) is 6.08 Å². The summed E-state index contributed by atoms with van der Waals surface area (Å²) in [6, 6.07) is 8.90. The van der Waals surface area contributed by atoms with Gasteiger partial charge in [0.1, 0.15) is 0 Å². The minimum absolute atomic E-state index is 0.0395. The topological polar surface area (TPSA) is 26.0 Å². The van der Waals surface area contributed by atoms with E-state index in [0.717, 1.165) is 6.08 Å². The summed E-state index contributed by atoms with van der Waals surface area (Å²) < 4.78 is 40.3. The maximum absolute atomic E-state index is 13.4. The van der Waals surface area contributed by atoms with Crippen LogP contribution in [0.1, 0.15) is 22.6 Å². The molecule has 0 fully saturated rings. The van der Waals surface area contributed by atoms with Crippen molar-refractivity contribution in [2.75, 3.05) is 0 Å². The predicted octanol–water partition coefficient (Wildman–Crippen LogP) is 6.46. The maximum Gasteiger partial charge on any atom is 0.399 e. The van der Waals surface area contributed by atoms with E-state index in [0.29, 0.717) is 16.1 Å². The van der Waals surface area contributed by atoms with Crippen LogP contribution in [-0.4, -0.2) is 6.18 Å². The van der Waals surface area contributed by atoms with Gasteiger partial charge in [-0.25, -0.2) is 0 Å². The standard InChI is InChI=1S/C17H13Cl3F3N/c18-13-6-12(7-14(19)8-13)15(17(21,22)23)5-4-10-2-1-3-11(9-24)16(10)20/h1-8,15H,9,24H2/b5-4+. The SMILES string of the molecule is NCc1cccc(/C=C/C(c2cc(Cl)cc(Cl)c2)C(F)(F)F)c1Cl. The molecule has 2 aromatic carbocycles. The van der Waals surface area contributed by atoms with Crippen molar-refractivity contribution in [3.05, 3.63) is 74.2 Å². The molecule has 0 amide bonds. The molecule has 0 radical (unpaired) electrons. The first-order chi connectivity index (χ1) is 11.2. The average Bonchev–Trinajstić information content (AvgIpc) is 2.46. The zero-order chi connectivity index (χ0) is 17.9. The van der Waals surface area contributed by atoms with Crippen molar-refractivity contribution in [2.24, 2.45) is 5.73 Å². The number of rotatable bonds is 4. The Morgan fingerprint density at radius 3 is 2.21 bits per heavy atom. The van der Waals surface area contributed by atoms with Crippen LogP contribution in [0, 0.1) is 0 Å². The number of hydrogen-bond acceptors (Lipinski definition) is 1. The molecule has 1 nitrogen and oxygen atoms in total. The van der Waals surface area contributed by atoms with Crippen LogP contribution in [0.5, 0.6) is 0 Å². The highest BCUT2D eigenvalue weighted by Crippen LogP contribution is 2.38. The molecule has 7 heteroatoms. The minimum Gasteiger partial charge on any atom is -0.326 e. The second-order valence-corrected chi connectivity index (χ2v) is 6.36. The molecule has 1 unspecified atom stereocenters. The number of benzene rings is 2.